The van der Waals surface area contributed by atoms with Crippen molar-refractivity contribution in [1.82, 2.24) is 4.72 Å². The molecule has 0 spiro atoms. The average Bonchev–Trinajstić information content (AvgIpc) is 2.77. The molecule has 1 atom stereocenters. The lowest BCUT2D eigenvalue weighted by atomic mass is 10.1. The van der Waals surface area contributed by atoms with Crippen LogP contribution in [0.2, 0.25) is 0 Å². The first-order valence-corrected chi connectivity index (χ1v) is 11.6. The first-order valence-electron chi connectivity index (χ1n) is 10.1. The largest absolute Gasteiger partial charge is 0.494 e. The number of sulfonamides is 1. The SMILES string of the molecule is CCOc1ccc(S(=O)(=O)NC(Cc2ccccc2)C(=O)Nc2cc(F)ccc2C)cc1. The van der Waals surface area contributed by atoms with E-state index < -0.39 is 27.8 Å². The minimum absolute atomic E-state index is 0.00810. The predicted molar refractivity (Wildman–Crippen MR) is 122 cm³/mol. The van der Waals surface area contributed by atoms with Crippen LogP contribution in [0.3, 0.4) is 0 Å². The fourth-order valence-electron chi connectivity index (χ4n) is 3.12. The molecule has 0 bridgehead atoms. The van der Waals surface area contributed by atoms with Gasteiger partial charge in [0.2, 0.25) is 15.9 Å². The topological polar surface area (TPSA) is 84.5 Å². The Labute approximate surface area is 187 Å². The fourth-order valence-corrected chi connectivity index (χ4v) is 4.32. The Morgan fingerprint density at radius 2 is 1.72 bits per heavy atom. The number of benzene rings is 3. The number of aryl methyl sites for hydroxylation is 1. The van der Waals surface area contributed by atoms with Gasteiger partial charge in [-0.05, 0) is 67.8 Å². The van der Waals surface area contributed by atoms with Crippen LogP contribution in [-0.4, -0.2) is 27.0 Å². The van der Waals surface area contributed by atoms with Crippen LogP contribution in [0.15, 0.2) is 77.7 Å². The van der Waals surface area contributed by atoms with E-state index in [9.17, 15) is 17.6 Å². The molecule has 0 aromatic heterocycles. The zero-order valence-corrected chi connectivity index (χ0v) is 18.7. The quantitative estimate of drug-likeness (QED) is 0.509. The zero-order chi connectivity index (χ0) is 23.1. The maximum Gasteiger partial charge on any atom is 0.242 e. The summed E-state index contributed by atoms with van der Waals surface area (Å²) in [6, 6.07) is 17.9. The van der Waals surface area contributed by atoms with Crippen LogP contribution in [-0.2, 0) is 21.2 Å². The Kier molecular flexibility index (Phi) is 7.61. The molecule has 0 saturated heterocycles. The van der Waals surface area contributed by atoms with Gasteiger partial charge in [0.1, 0.15) is 17.6 Å². The molecular weight excluding hydrogens is 431 g/mol. The van der Waals surface area contributed by atoms with Gasteiger partial charge < -0.3 is 10.1 Å². The average molecular weight is 457 g/mol. The maximum absolute atomic E-state index is 13.7. The number of carbonyl (C=O) groups is 1. The van der Waals surface area contributed by atoms with Crippen LogP contribution in [0.5, 0.6) is 5.75 Å². The Morgan fingerprint density at radius 1 is 1.03 bits per heavy atom. The molecule has 8 heteroatoms. The lowest BCUT2D eigenvalue weighted by molar-refractivity contribution is -0.117. The van der Waals surface area contributed by atoms with Gasteiger partial charge in [0.25, 0.3) is 0 Å². The Bertz CT molecular complexity index is 1170. The Hall–Kier alpha value is -3.23. The molecule has 2 N–H and O–H groups in total. The van der Waals surface area contributed by atoms with Gasteiger partial charge in [-0.15, -0.1) is 0 Å². The highest BCUT2D eigenvalue weighted by Crippen LogP contribution is 2.19. The molecule has 0 aliphatic carbocycles. The normalized spacial score (nSPS) is 12.2. The molecule has 3 rings (SSSR count). The molecular formula is C24H25FN2O4S. The molecule has 6 nitrogen and oxygen atoms in total. The molecule has 3 aromatic rings. The van der Waals surface area contributed by atoms with Gasteiger partial charge in [-0.3, -0.25) is 4.79 Å². The van der Waals surface area contributed by atoms with E-state index in [0.717, 1.165) is 5.56 Å². The van der Waals surface area contributed by atoms with Crippen molar-refractivity contribution >= 4 is 21.6 Å². The zero-order valence-electron chi connectivity index (χ0n) is 17.8. The molecule has 0 aliphatic heterocycles. The highest BCUT2D eigenvalue weighted by atomic mass is 32.2. The van der Waals surface area contributed by atoms with Gasteiger partial charge >= 0.3 is 0 Å². The van der Waals surface area contributed by atoms with Crippen LogP contribution < -0.4 is 14.8 Å². The lowest BCUT2D eigenvalue weighted by Crippen LogP contribution is -2.45. The number of rotatable bonds is 9. The minimum Gasteiger partial charge on any atom is -0.494 e. The summed E-state index contributed by atoms with van der Waals surface area (Å²) < 4.78 is 47.5. The number of hydrogen-bond donors (Lipinski definition) is 2. The van der Waals surface area contributed by atoms with E-state index in [1.165, 1.54) is 24.3 Å². The smallest absolute Gasteiger partial charge is 0.242 e. The van der Waals surface area contributed by atoms with Crippen molar-refractivity contribution in [3.05, 3.63) is 89.7 Å². The van der Waals surface area contributed by atoms with Crippen molar-refractivity contribution in [2.24, 2.45) is 0 Å². The first-order chi connectivity index (χ1) is 15.3. The summed E-state index contributed by atoms with van der Waals surface area (Å²) in [5, 5.41) is 2.65. The molecule has 168 valence electrons. The number of ether oxygens (including phenoxy) is 1. The second-order valence-corrected chi connectivity index (χ2v) is 8.93. The van der Waals surface area contributed by atoms with Crippen molar-refractivity contribution in [3.8, 4) is 5.75 Å². The number of anilines is 1. The maximum atomic E-state index is 13.7. The summed E-state index contributed by atoms with van der Waals surface area (Å²) in [5.41, 5.74) is 1.72. The van der Waals surface area contributed by atoms with E-state index in [1.54, 1.807) is 37.3 Å². The third kappa shape index (κ3) is 6.15. The highest BCUT2D eigenvalue weighted by Gasteiger charge is 2.26. The van der Waals surface area contributed by atoms with E-state index in [4.69, 9.17) is 4.74 Å². The molecule has 0 radical (unpaired) electrons. The standard InChI is InChI=1S/C24H25FN2O4S/c1-3-31-20-11-13-21(14-12-20)32(29,30)27-23(15-18-7-5-4-6-8-18)24(28)26-22-16-19(25)10-9-17(22)2/h4-14,16,23,27H,3,15H2,1-2H3,(H,26,28). The lowest BCUT2D eigenvalue weighted by Gasteiger charge is -2.20. The third-order valence-electron chi connectivity index (χ3n) is 4.80. The minimum atomic E-state index is -4.01. The fraction of sp³-hybridized carbons (Fsp3) is 0.208. The monoisotopic (exact) mass is 456 g/mol. The third-order valence-corrected chi connectivity index (χ3v) is 6.29. The summed E-state index contributed by atoms with van der Waals surface area (Å²) in [6.45, 7) is 4.02. The summed E-state index contributed by atoms with van der Waals surface area (Å²) >= 11 is 0. The molecule has 32 heavy (non-hydrogen) atoms. The second-order valence-electron chi connectivity index (χ2n) is 7.22. The van der Waals surface area contributed by atoms with Gasteiger partial charge in [0.05, 0.1) is 11.5 Å². The van der Waals surface area contributed by atoms with Crippen molar-refractivity contribution in [2.75, 3.05) is 11.9 Å². The summed E-state index contributed by atoms with van der Waals surface area (Å²) in [5.74, 6) is -0.538. The number of hydrogen-bond acceptors (Lipinski definition) is 4. The van der Waals surface area contributed by atoms with E-state index in [0.29, 0.717) is 17.9 Å². The van der Waals surface area contributed by atoms with Gasteiger partial charge in [-0.25, -0.2) is 12.8 Å². The Balaban J connectivity index is 1.86. The number of carbonyl (C=O) groups excluding carboxylic acids is 1. The van der Waals surface area contributed by atoms with Crippen LogP contribution in [0.4, 0.5) is 10.1 Å². The van der Waals surface area contributed by atoms with E-state index in [1.807, 2.05) is 25.1 Å². The van der Waals surface area contributed by atoms with E-state index in [2.05, 4.69) is 10.0 Å². The molecule has 1 amide bonds. The van der Waals surface area contributed by atoms with Gasteiger partial charge in [-0.2, -0.15) is 4.72 Å². The first kappa shape index (κ1) is 23.4. The van der Waals surface area contributed by atoms with Crippen molar-refractivity contribution in [1.29, 1.82) is 0 Å². The summed E-state index contributed by atoms with van der Waals surface area (Å²) in [4.78, 5) is 13.1. The second kappa shape index (κ2) is 10.4. The molecule has 1 unspecified atom stereocenters. The van der Waals surface area contributed by atoms with E-state index >= 15 is 0 Å². The Morgan fingerprint density at radius 3 is 2.38 bits per heavy atom. The van der Waals surface area contributed by atoms with Crippen molar-refractivity contribution in [3.63, 3.8) is 0 Å². The van der Waals surface area contributed by atoms with Gasteiger partial charge in [0.15, 0.2) is 0 Å². The van der Waals surface area contributed by atoms with Crippen LogP contribution in [0, 0.1) is 12.7 Å². The molecule has 0 saturated carbocycles. The number of halogens is 1. The van der Waals surface area contributed by atoms with Gasteiger partial charge in [0, 0.05) is 5.69 Å². The van der Waals surface area contributed by atoms with Crippen molar-refractivity contribution in [2.45, 2.75) is 31.2 Å². The molecule has 3 aromatic carbocycles. The van der Waals surface area contributed by atoms with Crippen LogP contribution in [0.1, 0.15) is 18.1 Å². The number of amides is 1. The highest BCUT2D eigenvalue weighted by molar-refractivity contribution is 7.89. The summed E-state index contributed by atoms with van der Waals surface area (Å²) in [6.07, 6.45) is 0.122. The van der Waals surface area contributed by atoms with Crippen molar-refractivity contribution < 1.29 is 22.3 Å². The summed E-state index contributed by atoms with van der Waals surface area (Å²) in [7, 11) is -4.01. The molecule has 0 heterocycles. The van der Waals surface area contributed by atoms with E-state index in [-0.39, 0.29) is 17.0 Å². The predicted octanol–water partition coefficient (Wildman–Crippen LogP) is 4.06. The van der Waals surface area contributed by atoms with Gasteiger partial charge in [-0.1, -0.05) is 36.4 Å². The van der Waals surface area contributed by atoms with Crippen LogP contribution in [0.25, 0.3) is 0 Å². The molecule has 0 fully saturated rings. The molecule has 0 aliphatic rings. The number of nitrogens with one attached hydrogen (secondary N) is 2. The van der Waals surface area contributed by atoms with Crippen LogP contribution >= 0.6 is 0 Å².